The van der Waals surface area contributed by atoms with Crippen LogP contribution in [0.25, 0.3) is 83.9 Å². The number of pyridine rings is 1. The summed E-state index contributed by atoms with van der Waals surface area (Å²) in [6.07, 6.45) is 4.13. The van der Waals surface area contributed by atoms with Gasteiger partial charge in [-0.05, 0) is 175 Å². The number of fused-ring (bicyclic) bond motifs is 1. The van der Waals surface area contributed by atoms with E-state index in [1.54, 1.807) is 103 Å². The van der Waals surface area contributed by atoms with E-state index in [9.17, 15) is 10.6 Å². The molecule has 1 aliphatic carbocycles. The first-order chi connectivity index (χ1) is 46.6. The second-order valence-electron chi connectivity index (χ2n) is 23.5. The number of rotatable bonds is 8. The highest BCUT2D eigenvalue weighted by Crippen LogP contribution is 2.47. The Hall–Kier alpha value is -7.04. The molecule has 0 atom stereocenters. The molecule has 77 heavy (non-hydrogen) atoms. The molecule has 0 unspecified atom stereocenters. The molecule has 1 saturated carbocycles. The Bertz CT molecular complexity index is 4550. The van der Waals surface area contributed by atoms with Gasteiger partial charge < -0.3 is 5.11 Å². The smallest absolute Gasteiger partial charge is 0.149 e. The molecular formula is C73H81N3O. The van der Waals surface area contributed by atoms with Gasteiger partial charge in [-0.25, -0.2) is 4.98 Å². The standard InChI is InChI=1S/C73H81N3O/c1-46-38-51(48-32-35-73(14,15)36-33-48)28-30-58(46)50-26-24-47(25-27-50)52-34-37-74-63(42-52)54-39-53(40-56(41-54)70(5,6)7)59-22-19-23-65-66(59)75-68(61-44-57(71(8,9)10)45-62(67(61)77)72(11,12)13)76(65)64-31-29-55(69(2,3)4)43-60(64)49-20-17-16-18-21-49/h16-31,34,37-45,48,77H,32-33,35-36H2,1-15H3/i1D3,8D3,9D3,10D3,11D3,12D3,13D3,34D,42D,44D,48D. The van der Waals surface area contributed by atoms with E-state index < -0.39 is 110 Å². The number of nitrogens with zero attached hydrogens (tertiary/aromatic N) is 3. The Morgan fingerprint density at radius 1 is 0.584 bits per heavy atom. The molecule has 0 bridgehead atoms. The summed E-state index contributed by atoms with van der Waals surface area (Å²) in [5.41, 5.74) is -7.80. The van der Waals surface area contributed by atoms with Crippen molar-refractivity contribution < 1.29 is 39.4 Å². The van der Waals surface area contributed by atoms with Crippen molar-refractivity contribution in [2.45, 2.75) is 157 Å². The third-order valence-electron chi connectivity index (χ3n) is 15.1. The average Bonchev–Trinajstić information content (AvgIpc) is 0.785. The van der Waals surface area contributed by atoms with Crippen molar-refractivity contribution in [1.82, 2.24) is 14.5 Å². The number of hydrogen-bond acceptors (Lipinski definition) is 3. The lowest BCUT2D eigenvalue weighted by Crippen LogP contribution is -2.20. The van der Waals surface area contributed by atoms with Crippen LogP contribution in [0.1, 0.15) is 196 Å². The van der Waals surface area contributed by atoms with Crippen LogP contribution in [0.15, 0.2) is 158 Å². The first kappa shape index (κ1) is 30.8. The minimum absolute atomic E-state index is 0.00788. The number of aryl methyl sites for hydroxylation is 1. The van der Waals surface area contributed by atoms with E-state index in [2.05, 4.69) is 13.8 Å². The van der Waals surface area contributed by atoms with Crippen molar-refractivity contribution in [1.29, 1.82) is 0 Å². The van der Waals surface area contributed by atoms with Crippen LogP contribution in [0.2, 0.25) is 0 Å². The maximum absolute atomic E-state index is 13.3. The van der Waals surface area contributed by atoms with Gasteiger partial charge in [0.1, 0.15) is 11.6 Å². The van der Waals surface area contributed by atoms with Gasteiger partial charge in [0.15, 0.2) is 0 Å². The molecule has 0 aliphatic heterocycles. The summed E-state index contributed by atoms with van der Waals surface area (Å²) in [5.74, 6) is -3.19. The Labute approximate surface area is 495 Å². The Morgan fingerprint density at radius 3 is 1.96 bits per heavy atom. The molecule has 2 heterocycles. The molecule has 0 amide bonds. The maximum atomic E-state index is 13.3. The molecule has 0 radical (unpaired) electrons. The molecular weight excluding hydrogens is 935 g/mol. The number of phenolic OH excluding ortho intramolecular Hbond substituents is 1. The fraction of sp³-hybridized carbons (Fsp3) is 0.342. The fourth-order valence-corrected chi connectivity index (χ4v) is 10.4. The molecule has 1 aliphatic rings. The summed E-state index contributed by atoms with van der Waals surface area (Å²) in [6.45, 7) is -11.9. The van der Waals surface area contributed by atoms with Crippen LogP contribution in [0.4, 0.5) is 0 Å². The molecule has 2 aromatic heterocycles. The number of hydrogen-bond donors (Lipinski definition) is 1. The Balaban J connectivity index is 1.28. The highest BCUT2D eigenvalue weighted by molar-refractivity contribution is 5.98. The number of para-hydroxylation sites is 1. The number of phenols is 1. The summed E-state index contributed by atoms with van der Waals surface area (Å²) in [5, 5.41) is 13.3. The predicted molar refractivity (Wildman–Crippen MR) is 328 cm³/mol. The predicted octanol–water partition coefficient (Wildman–Crippen LogP) is 20.3. The molecule has 0 spiro atoms. The largest absolute Gasteiger partial charge is 0.507 e. The first-order valence-electron chi connectivity index (χ1n) is 38.5. The highest BCUT2D eigenvalue weighted by atomic mass is 16.3. The zero-order chi connectivity index (χ0) is 76.0. The molecule has 10 rings (SSSR count). The lowest BCUT2D eigenvalue weighted by molar-refractivity contribution is 0.224. The van der Waals surface area contributed by atoms with Crippen molar-refractivity contribution in [3.05, 3.63) is 191 Å². The molecule has 394 valence electrons. The van der Waals surface area contributed by atoms with Gasteiger partial charge in [0.25, 0.3) is 0 Å². The number of benzene rings is 7. The zero-order valence-corrected chi connectivity index (χ0v) is 44.9. The summed E-state index contributed by atoms with van der Waals surface area (Å²) in [4.78, 5) is 9.86. The second-order valence-corrected chi connectivity index (χ2v) is 23.5. The third kappa shape index (κ3) is 10.8. The van der Waals surface area contributed by atoms with E-state index in [0.717, 1.165) is 18.4 Å². The van der Waals surface area contributed by atoms with Crippen LogP contribution in [0.3, 0.4) is 0 Å². The number of imidazole rings is 1. The van der Waals surface area contributed by atoms with Gasteiger partial charge in [-0.3, -0.25) is 9.55 Å². The van der Waals surface area contributed by atoms with Crippen LogP contribution < -0.4 is 0 Å². The molecule has 7 aromatic carbocycles. The number of aromatic hydroxyl groups is 1. The van der Waals surface area contributed by atoms with Crippen molar-refractivity contribution in [2.75, 3.05) is 0 Å². The molecule has 0 saturated heterocycles. The van der Waals surface area contributed by atoms with Gasteiger partial charge in [-0.15, -0.1) is 0 Å². The van der Waals surface area contributed by atoms with Crippen LogP contribution >= 0.6 is 0 Å². The van der Waals surface area contributed by atoms with Gasteiger partial charge in [0, 0.05) is 58.6 Å². The van der Waals surface area contributed by atoms with Gasteiger partial charge >= 0.3 is 0 Å². The minimum atomic E-state index is -4.29. The second kappa shape index (κ2) is 19.8. The van der Waals surface area contributed by atoms with Gasteiger partial charge in [-0.2, -0.15) is 0 Å². The topological polar surface area (TPSA) is 50.9 Å². The highest BCUT2D eigenvalue weighted by Gasteiger charge is 2.31. The maximum Gasteiger partial charge on any atom is 0.149 e. The SMILES string of the molecule is [2H]c1cnc(-c2cc(-c3cccc4c3nc(-c3c([2H])c(C(C([2H])([2H])[2H])(C([2H])([2H])[2H])C([2H])([2H])[2H])cc(C(C([2H])([2H])[2H])(C([2H])([2H])[2H])C([2H])([2H])[2H])c3O)n4-c3ccc(C(C)(C)C)cc3-c3ccccc3)cc(C(C)(C)C)c2)c([2H])c1-c1ccc(-c2ccc(C3([2H])CCC(C)(C)CC3)cc2C([2H])([2H])[2H])cc1. The van der Waals surface area contributed by atoms with Crippen molar-refractivity contribution >= 4 is 11.0 Å². The third-order valence-corrected chi connectivity index (χ3v) is 15.1. The van der Waals surface area contributed by atoms with Crippen LogP contribution in [0.5, 0.6) is 5.75 Å². The van der Waals surface area contributed by atoms with Crippen LogP contribution in [-0.4, -0.2) is 19.6 Å². The lowest BCUT2D eigenvalue weighted by atomic mass is 9.71. The zero-order valence-electron chi connectivity index (χ0n) is 69.9. The average molecular weight is 1040 g/mol. The van der Waals surface area contributed by atoms with Crippen LogP contribution in [-0.2, 0) is 21.7 Å². The first-order valence-corrected chi connectivity index (χ1v) is 26.0. The minimum Gasteiger partial charge on any atom is -0.507 e. The summed E-state index contributed by atoms with van der Waals surface area (Å²) < 4.78 is 226. The monoisotopic (exact) mass is 1040 g/mol. The Kier molecular flexibility index (Phi) is 7.90. The van der Waals surface area contributed by atoms with Crippen LogP contribution in [0, 0.1) is 12.3 Å². The summed E-state index contributed by atoms with van der Waals surface area (Å²) in [6, 6.07) is 34.9. The van der Waals surface area contributed by atoms with Gasteiger partial charge in [0.2, 0.25) is 0 Å². The summed E-state index contributed by atoms with van der Waals surface area (Å²) >= 11 is 0. The molecule has 1 fully saturated rings. The van der Waals surface area contributed by atoms with E-state index in [4.69, 9.17) is 38.8 Å². The molecule has 1 N–H and O–H groups in total. The lowest BCUT2D eigenvalue weighted by Gasteiger charge is -2.34. The fourth-order valence-electron chi connectivity index (χ4n) is 10.4. The van der Waals surface area contributed by atoms with Gasteiger partial charge in [-0.1, -0.05) is 200 Å². The van der Waals surface area contributed by atoms with Gasteiger partial charge in [0.05, 0.1) is 32.1 Å². The Morgan fingerprint density at radius 2 is 1.27 bits per heavy atom. The van der Waals surface area contributed by atoms with Crippen molar-refractivity contribution in [3.8, 4) is 78.6 Å². The molecule has 4 heteroatoms. The van der Waals surface area contributed by atoms with Crippen molar-refractivity contribution in [2.24, 2.45) is 5.41 Å². The number of aromatic nitrogens is 3. The molecule has 4 nitrogen and oxygen atoms in total. The summed E-state index contributed by atoms with van der Waals surface area (Å²) in [7, 11) is 0. The van der Waals surface area contributed by atoms with E-state index in [-0.39, 0.29) is 62.7 Å². The normalized spacial score (nSPS) is 20.9. The molecule has 9 aromatic rings. The van der Waals surface area contributed by atoms with E-state index in [0.29, 0.717) is 62.9 Å². The van der Waals surface area contributed by atoms with E-state index >= 15 is 0 Å². The van der Waals surface area contributed by atoms with E-state index in [1.807, 2.05) is 65.8 Å². The van der Waals surface area contributed by atoms with Crippen molar-refractivity contribution in [3.63, 3.8) is 0 Å². The van der Waals surface area contributed by atoms with E-state index in [1.165, 1.54) is 10.8 Å². The quantitative estimate of drug-likeness (QED) is 0.165.